The first-order valence-electron chi connectivity index (χ1n) is 11.0. The third-order valence-electron chi connectivity index (χ3n) is 5.56. The van der Waals surface area contributed by atoms with Crippen LogP contribution in [-0.4, -0.2) is 50.4 Å². The Hall–Kier alpha value is -3.10. The Bertz CT molecular complexity index is 1160. The van der Waals surface area contributed by atoms with Gasteiger partial charge in [0, 0.05) is 16.5 Å². The predicted octanol–water partition coefficient (Wildman–Crippen LogP) is 4.63. The van der Waals surface area contributed by atoms with Crippen LogP contribution in [0.1, 0.15) is 35.4 Å². The van der Waals surface area contributed by atoms with Crippen LogP contribution in [0, 0.1) is 5.82 Å². The molecule has 2 aromatic carbocycles. The highest BCUT2D eigenvalue weighted by atomic mass is 35.5. The fourth-order valence-electron chi connectivity index (χ4n) is 3.87. The van der Waals surface area contributed by atoms with E-state index < -0.39 is 11.7 Å². The Morgan fingerprint density at radius 3 is 2.50 bits per heavy atom. The van der Waals surface area contributed by atoms with Crippen LogP contribution >= 0.6 is 11.6 Å². The molecule has 2 heterocycles. The number of fused-ring (bicyclic) bond motifs is 1. The van der Waals surface area contributed by atoms with Crippen LogP contribution in [0.5, 0.6) is 11.5 Å². The molecule has 0 radical (unpaired) electrons. The first-order valence-corrected chi connectivity index (χ1v) is 11.4. The molecule has 0 atom stereocenters. The molecule has 1 aliphatic rings. The van der Waals surface area contributed by atoms with E-state index in [2.05, 4.69) is 4.90 Å². The summed E-state index contributed by atoms with van der Waals surface area (Å²) in [7, 11) is 2.99. The molecule has 0 unspecified atom stereocenters. The fraction of sp³-hybridized carbons (Fsp3) is 0.360. The van der Waals surface area contributed by atoms with Crippen LogP contribution in [0.2, 0.25) is 5.02 Å². The summed E-state index contributed by atoms with van der Waals surface area (Å²) in [6, 6.07) is 9.79. The number of aryl methyl sites for hydroxylation is 1. The second-order valence-corrected chi connectivity index (χ2v) is 8.39. The smallest absolute Gasteiger partial charge is 0.293 e. The average Bonchev–Trinajstić information content (AvgIpc) is 3.48. The SMILES string of the molecule is COc1cc(CCCN2CCCC2)cc(F)c1OC.NC(=O)C(=O)c1cc2ccc(Cl)cc2o1. The third-order valence-corrected chi connectivity index (χ3v) is 5.80. The highest BCUT2D eigenvalue weighted by molar-refractivity contribution is 6.41. The summed E-state index contributed by atoms with van der Waals surface area (Å²) in [5.41, 5.74) is 6.26. The van der Waals surface area contributed by atoms with Crippen LogP contribution in [0.4, 0.5) is 4.39 Å². The van der Waals surface area contributed by atoms with E-state index in [-0.39, 0.29) is 17.3 Å². The van der Waals surface area contributed by atoms with Gasteiger partial charge in [0.25, 0.3) is 11.7 Å². The molecule has 1 saturated heterocycles. The molecule has 3 aromatic rings. The number of primary amides is 1. The molecule has 1 aromatic heterocycles. The second-order valence-electron chi connectivity index (χ2n) is 7.95. The lowest BCUT2D eigenvalue weighted by Crippen LogP contribution is -2.22. The van der Waals surface area contributed by atoms with Gasteiger partial charge in [0.1, 0.15) is 5.58 Å². The average molecular weight is 491 g/mol. The Labute approximate surface area is 202 Å². The van der Waals surface area contributed by atoms with E-state index in [1.807, 2.05) is 6.07 Å². The van der Waals surface area contributed by atoms with E-state index in [1.165, 1.54) is 46.2 Å². The van der Waals surface area contributed by atoms with Gasteiger partial charge >= 0.3 is 0 Å². The van der Waals surface area contributed by atoms with Crippen molar-refractivity contribution in [3.05, 3.63) is 58.6 Å². The van der Waals surface area contributed by atoms with E-state index >= 15 is 0 Å². The number of benzene rings is 2. The fourth-order valence-corrected chi connectivity index (χ4v) is 4.03. The zero-order valence-electron chi connectivity index (χ0n) is 19.2. The normalized spacial score (nSPS) is 13.4. The van der Waals surface area contributed by atoms with Gasteiger partial charge in [0.05, 0.1) is 14.2 Å². The van der Waals surface area contributed by atoms with E-state index in [0.29, 0.717) is 21.7 Å². The summed E-state index contributed by atoms with van der Waals surface area (Å²) in [5.74, 6) is -1.65. The Kier molecular flexibility index (Phi) is 8.90. The quantitative estimate of drug-likeness (QED) is 0.365. The van der Waals surface area contributed by atoms with Crippen LogP contribution < -0.4 is 15.2 Å². The number of hydrogen-bond acceptors (Lipinski definition) is 6. The minimum atomic E-state index is -1.04. The van der Waals surface area contributed by atoms with Crippen LogP contribution in [0.15, 0.2) is 40.8 Å². The molecule has 182 valence electrons. The van der Waals surface area contributed by atoms with Gasteiger partial charge in [-0.1, -0.05) is 11.6 Å². The molecule has 9 heteroatoms. The van der Waals surface area contributed by atoms with Crippen LogP contribution in [-0.2, 0) is 11.2 Å². The monoisotopic (exact) mass is 490 g/mol. The molecule has 1 fully saturated rings. The number of carbonyl (C=O) groups is 2. The molecule has 1 amide bonds. The third kappa shape index (κ3) is 6.48. The first-order chi connectivity index (χ1) is 16.3. The molecular weight excluding hydrogens is 463 g/mol. The molecular formula is C25H28ClFN2O5. The molecule has 4 rings (SSSR count). The summed E-state index contributed by atoms with van der Waals surface area (Å²) in [4.78, 5) is 24.3. The van der Waals surface area contributed by atoms with Crippen molar-refractivity contribution in [1.82, 2.24) is 4.90 Å². The molecule has 0 bridgehead atoms. The molecule has 0 saturated carbocycles. The van der Waals surface area contributed by atoms with Crippen molar-refractivity contribution in [3.63, 3.8) is 0 Å². The number of ether oxygens (including phenoxy) is 2. The van der Waals surface area contributed by atoms with Gasteiger partial charge in [-0.3, -0.25) is 9.59 Å². The number of Topliss-reactive ketones (excluding diaryl/α,β-unsaturated/α-hetero) is 1. The van der Waals surface area contributed by atoms with Crippen molar-refractivity contribution in [2.45, 2.75) is 25.7 Å². The van der Waals surface area contributed by atoms with Gasteiger partial charge < -0.3 is 24.5 Å². The summed E-state index contributed by atoms with van der Waals surface area (Å²) >= 11 is 5.73. The minimum absolute atomic E-state index is 0.0697. The first kappa shape index (κ1) is 25.5. The van der Waals surface area contributed by atoms with Gasteiger partial charge in [-0.25, -0.2) is 4.39 Å². The van der Waals surface area contributed by atoms with Gasteiger partial charge in [0.2, 0.25) is 0 Å². The standard InChI is InChI=1S/C15H22FNO2.C10H6ClNO3/c1-18-14-11-12(10-13(16)15(14)19-2)6-5-9-17-7-3-4-8-17;11-6-2-1-5-3-8(9(13)10(12)14)15-7(5)4-6/h10-11H,3-9H2,1-2H3;1-4H,(H2,12,14). The summed E-state index contributed by atoms with van der Waals surface area (Å²) in [6.45, 7) is 3.51. The van der Waals surface area contributed by atoms with E-state index in [1.54, 1.807) is 24.3 Å². The van der Waals surface area contributed by atoms with Crippen molar-refractivity contribution in [2.75, 3.05) is 33.9 Å². The van der Waals surface area contributed by atoms with Crippen molar-refractivity contribution in [1.29, 1.82) is 0 Å². The van der Waals surface area contributed by atoms with Gasteiger partial charge in [-0.15, -0.1) is 0 Å². The predicted molar refractivity (Wildman–Crippen MR) is 128 cm³/mol. The highest BCUT2D eigenvalue weighted by Gasteiger charge is 2.17. The molecule has 0 aliphatic carbocycles. The van der Waals surface area contributed by atoms with E-state index in [0.717, 1.165) is 24.9 Å². The number of rotatable bonds is 8. The Balaban J connectivity index is 0.000000196. The number of nitrogens with two attached hydrogens (primary N) is 1. The summed E-state index contributed by atoms with van der Waals surface area (Å²) in [5, 5.41) is 1.19. The van der Waals surface area contributed by atoms with Gasteiger partial charge in [-0.2, -0.15) is 0 Å². The van der Waals surface area contributed by atoms with Crippen molar-refractivity contribution < 1.29 is 27.9 Å². The van der Waals surface area contributed by atoms with E-state index in [9.17, 15) is 14.0 Å². The van der Waals surface area contributed by atoms with Crippen LogP contribution in [0.25, 0.3) is 11.0 Å². The maximum Gasteiger partial charge on any atom is 0.293 e. The molecule has 2 N–H and O–H groups in total. The lowest BCUT2D eigenvalue weighted by atomic mass is 10.1. The maximum atomic E-state index is 13.8. The minimum Gasteiger partial charge on any atom is -0.493 e. The number of nitrogens with zero attached hydrogens (tertiary/aromatic N) is 1. The number of halogens is 2. The maximum absolute atomic E-state index is 13.8. The number of methoxy groups -OCH3 is 2. The number of hydrogen-bond donors (Lipinski definition) is 1. The largest absolute Gasteiger partial charge is 0.493 e. The number of ketones is 1. The van der Waals surface area contributed by atoms with Crippen LogP contribution in [0.3, 0.4) is 0 Å². The van der Waals surface area contributed by atoms with Gasteiger partial charge in [-0.05, 0) is 81.2 Å². The van der Waals surface area contributed by atoms with Crippen molar-refractivity contribution in [2.24, 2.45) is 5.73 Å². The van der Waals surface area contributed by atoms with E-state index in [4.69, 9.17) is 31.2 Å². The Morgan fingerprint density at radius 1 is 1.12 bits per heavy atom. The number of amides is 1. The lowest BCUT2D eigenvalue weighted by molar-refractivity contribution is -0.114. The van der Waals surface area contributed by atoms with Crippen molar-refractivity contribution >= 4 is 34.3 Å². The molecule has 7 nitrogen and oxygen atoms in total. The Morgan fingerprint density at radius 2 is 1.85 bits per heavy atom. The highest BCUT2D eigenvalue weighted by Crippen LogP contribution is 2.31. The topological polar surface area (TPSA) is 95.0 Å². The summed E-state index contributed by atoms with van der Waals surface area (Å²) < 4.78 is 29.1. The van der Waals surface area contributed by atoms with Gasteiger partial charge in [0.15, 0.2) is 23.1 Å². The number of likely N-dealkylation sites (tertiary alicyclic amines) is 1. The zero-order chi connectivity index (χ0) is 24.7. The lowest BCUT2D eigenvalue weighted by Gasteiger charge is -2.15. The number of carbonyl (C=O) groups excluding carboxylic acids is 2. The summed E-state index contributed by atoms with van der Waals surface area (Å²) in [6.07, 6.45) is 4.54. The van der Waals surface area contributed by atoms with Crippen molar-refractivity contribution in [3.8, 4) is 11.5 Å². The molecule has 1 aliphatic heterocycles. The molecule has 0 spiro atoms. The molecule has 34 heavy (non-hydrogen) atoms. The second kappa shape index (κ2) is 11.9. The zero-order valence-corrected chi connectivity index (χ0v) is 20.0. The number of furan rings is 1.